The molecule has 0 atom stereocenters. The fourth-order valence-electron chi connectivity index (χ4n) is 4.43. The molecule has 1 aromatic heterocycles. The first-order chi connectivity index (χ1) is 19.3. The lowest BCUT2D eigenvalue weighted by molar-refractivity contribution is -0.119. The number of nitrogens with zero attached hydrogens (tertiary/aromatic N) is 4. The molecule has 0 spiro atoms. The van der Waals surface area contributed by atoms with Gasteiger partial charge in [-0.1, -0.05) is 81.4 Å². The van der Waals surface area contributed by atoms with Gasteiger partial charge in [0.15, 0.2) is 0 Å². The molecule has 10 heteroatoms. The van der Waals surface area contributed by atoms with E-state index in [4.69, 9.17) is 0 Å². The summed E-state index contributed by atoms with van der Waals surface area (Å²) < 4.78 is 31.5. The standard InChI is InChI=1S/C31H35N5O4S/c1-22(24-17-19-25(20-18-24)31(3,4)5)32-33-28(37)21-35(41(39,40)27-15-11-8-12-16-27)29-23(2)34(6)36(30(29)38)26-13-9-7-10-14-26/h7-20H,21H2,1-6H3,(H,33,37)/b32-22-. The van der Waals surface area contributed by atoms with Crippen LogP contribution in [0.4, 0.5) is 5.69 Å². The second-order valence-corrected chi connectivity index (χ2v) is 12.7. The molecule has 0 unspecified atom stereocenters. The van der Waals surface area contributed by atoms with E-state index in [1.807, 2.05) is 30.3 Å². The van der Waals surface area contributed by atoms with Gasteiger partial charge in [0.05, 0.1) is 22.0 Å². The maximum atomic E-state index is 13.9. The van der Waals surface area contributed by atoms with Gasteiger partial charge in [-0.15, -0.1) is 0 Å². The summed E-state index contributed by atoms with van der Waals surface area (Å²) in [4.78, 5) is 26.9. The lowest BCUT2D eigenvalue weighted by Gasteiger charge is -2.22. The number of sulfonamides is 1. The molecule has 9 nitrogen and oxygen atoms in total. The third-order valence-electron chi connectivity index (χ3n) is 6.91. The molecule has 4 aromatic rings. The van der Waals surface area contributed by atoms with Crippen molar-refractivity contribution in [2.45, 2.75) is 44.9 Å². The first-order valence-electron chi connectivity index (χ1n) is 13.2. The van der Waals surface area contributed by atoms with E-state index in [9.17, 15) is 18.0 Å². The molecule has 1 heterocycles. The maximum Gasteiger partial charge on any atom is 0.296 e. The van der Waals surface area contributed by atoms with E-state index in [-0.39, 0.29) is 16.0 Å². The van der Waals surface area contributed by atoms with Crippen LogP contribution in [0.1, 0.15) is 44.5 Å². The van der Waals surface area contributed by atoms with Crippen molar-refractivity contribution in [1.82, 2.24) is 14.8 Å². The van der Waals surface area contributed by atoms with Gasteiger partial charge in [0.25, 0.3) is 21.5 Å². The summed E-state index contributed by atoms with van der Waals surface area (Å²) in [6.07, 6.45) is 0. The monoisotopic (exact) mass is 573 g/mol. The highest BCUT2D eigenvalue weighted by atomic mass is 32.2. The summed E-state index contributed by atoms with van der Waals surface area (Å²) in [6, 6.07) is 24.5. The van der Waals surface area contributed by atoms with Crippen molar-refractivity contribution < 1.29 is 13.2 Å². The molecule has 3 aromatic carbocycles. The molecule has 4 rings (SSSR count). The number of rotatable bonds is 8. The number of carbonyl (C=O) groups is 1. The molecule has 0 bridgehead atoms. The molecular weight excluding hydrogens is 538 g/mol. The number of hydrogen-bond donors (Lipinski definition) is 1. The Balaban J connectivity index is 1.70. The molecule has 0 saturated heterocycles. The number of para-hydroxylation sites is 1. The molecule has 0 aliphatic rings. The largest absolute Gasteiger partial charge is 0.296 e. The Labute approximate surface area is 240 Å². The number of anilines is 1. The van der Waals surface area contributed by atoms with E-state index in [2.05, 4.69) is 31.3 Å². The number of hydrogen-bond acceptors (Lipinski definition) is 5. The highest BCUT2D eigenvalue weighted by Gasteiger charge is 2.33. The van der Waals surface area contributed by atoms with Crippen LogP contribution in [-0.4, -0.2) is 35.9 Å². The predicted octanol–water partition coefficient (Wildman–Crippen LogP) is 4.52. The summed E-state index contributed by atoms with van der Waals surface area (Å²) in [5, 5.41) is 4.21. The van der Waals surface area contributed by atoms with Crippen molar-refractivity contribution in [2.24, 2.45) is 12.1 Å². The minimum atomic E-state index is -4.29. The van der Waals surface area contributed by atoms with Crippen molar-refractivity contribution in [3.05, 3.63) is 112 Å². The minimum Gasteiger partial charge on any atom is -0.283 e. The summed E-state index contributed by atoms with van der Waals surface area (Å²) in [6.45, 7) is 9.13. The second kappa shape index (κ2) is 11.6. The zero-order valence-corrected chi connectivity index (χ0v) is 24.9. The Morgan fingerprint density at radius 1 is 0.927 bits per heavy atom. The third-order valence-corrected chi connectivity index (χ3v) is 8.67. The quantitative estimate of drug-likeness (QED) is 0.247. The van der Waals surface area contributed by atoms with Gasteiger partial charge in [-0.05, 0) is 54.7 Å². The summed E-state index contributed by atoms with van der Waals surface area (Å²) >= 11 is 0. The Kier molecular flexibility index (Phi) is 8.34. The Morgan fingerprint density at radius 3 is 2.05 bits per heavy atom. The van der Waals surface area contributed by atoms with Gasteiger partial charge < -0.3 is 0 Å². The summed E-state index contributed by atoms with van der Waals surface area (Å²) in [5.74, 6) is -0.691. The highest BCUT2D eigenvalue weighted by molar-refractivity contribution is 7.92. The molecule has 0 radical (unpaired) electrons. The highest BCUT2D eigenvalue weighted by Crippen LogP contribution is 2.25. The van der Waals surface area contributed by atoms with Crippen molar-refractivity contribution >= 4 is 27.3 Å². The van der Waals surface area contributed by atoms with Gasteiger partial charge in [-0.25, -0.2) is 22.8 Å². The molecule has 214 valence electrons. The van der Waals surface area contributed by atoms with Crippen molar-refractivity contribution in [2.75, 3.05) is 10.8 Å². The zero-order chi connectivity index (χ0) is 29.9. The summed E-state index contributed by atoms with van der Waals surface area (Å²) in [7, 11) is -2.63. The van der Waals surface area contributed by atoms with Crippen molar-refractivity contribution in [3.8, 4) is 5.69 Å². The van der Waals surface area contributed by atoms with Crippen LogP contribution in [0.15, 0.2) is 99.7 Å². The van der Waals surface area contributed by atoms with E-state index in [1.54, 1.807) is 68.0 Å². The fourth-order valence-corrected chi connectivity index (χ4v) is 5.93. The number of hydrazone groups is 1. The Bertz CT molecular complexity index is 1730. The SMILES string of the molecule is C/C(=N/NC(=O)CN(c1c(C)n(C)n(-c2ccccc2)c1=O)S(=O)(=O)c1ccccc1)c1ccc(C(C)(C)C)cc1. The number of nitrogens with one attached hydrogen (secondary N) is 1. The van der Waals surface area contributed by atoms with Crippen LogP contribution >= 0.6 is 0 Å². The van der Waals surface area contributed by atoms with Crippen LogP contribution in [0.25, 0.3) is 5.69 Å². The molecular formula is C31H35N5O4S. The molecule has 1 N–H and O–H groups in total. The number of benzene rings is 3. The molecule has 1 amide bonds. The van der Waals surface area contributed by atoms with Gasteiger partial charge in [-0.3, -0.25) is 14.3 Å². The average Bonchev–Trinajstić information content (AvgIpc) is 3.17. The zero-order valence-electron chi connectivity index (χ0n) is 24.1. The van der Waals surface area contributed by atoms with E-state index >= 15 is 0 Å². The van der Waals surface area contributed by atoms with Crippen LogP contribution in [0.3, 0.4) is 0 Å². The predicted molar refractivity (Wildman–Crippen MR) is 162 cm³/mol. The van der Waals surface area contributed by atoms with Crippen molar-refractivity contribution in [3.63, 3.8) is 0 Å². The van der Waals surface area contributed by atoms with Gasteiger partial charge in [-0.2, -0.15) is 5.10 Å². The van der Waals surface area contributed by atoms with Gasteiger partial charge >= 0.3 is 0 Å². The number of amides is 1. The van der Waals surface area contributed by atoms with E-state index in [1.165, 1.54) is 22.4 Å². The normalized spacial score (nSPS) is 12.3. The number of carbonyl (C=O) groups excluding carboxylic acids is 1. The van der Waals surface area contributed by atoms with Crippen LogP contribution in [0, 0.1) is 6.92 Å². The molecule has 0 aliphatic carbocycles. The van der Waals surface area contributed by atoms with Crippen molar-refractivity contribution in [1.29, 1.82) is 0 Å². The van der Waals surface area contributed by atoms with Crippen LogP contribution < -0.4 is 15.3 Å². The Hall–Kier alpha value is -4.44. The van der Waals surface area contributed by atoms with Crippen LogP contribution in [-0.2, 0) is 27.3 Å². The molecule has 0 fully saturated rings. The minimum absolute atomic E-state index is 0.000144. The van der Waals surface area contributed by atoms with Crippen LogP contribution in [0.5, 0.6) is 0 Å². The molecule has 0 aliphatic heterocycles. The second-order valence-electron chi connectivity index (χ2n) is 10.8. The molecule has 0 saturated carbocycles. The maximum absolute atomic E-state index is 13.9. The van der Waals surface area contributed by atoms with Gasteiger partial charge in [0.1, 0.15) is 12.2 Å². The van der Waals surface area contributed by atoms with Crippen LogP contribution in [0.2, 0.25) is 0 Å². The van der Waals surface area contributed by atoms with E-state index < -0.39 is 28.0 Å². The lowest BCUT2D eigenvalue weighted by atomic mass is 9.86. The van der Waals surface area contributed by atoms with E-state index in [0.29, 0.717) is 17.1 Å². The van der Waals surface area contributed by atoms with E-state index in [0.717, 1.165) is 9.87 Å². The Morgan fingerprint density at radius 2 is 1.49 bits per heavy atom. The van der Waals surface area contributed by atoms with Gasteiger partial charge in [0.2, 0.25) is 0 Å². The third kappa shape index (κ3) is 6.17. The lowest BCUT2D eigenvalue weighted by Crippen LogP contribution is -2.42. The molecule has 41 heavy (non-hydrogen) atoms. The van der Waals surface area contributed by atoms with Gasteiger partial charge in [0, 0.05) is 7.05 Å². The average molecular weight is 574 g/mol. The fraction of sp³-hybridized carbons (Fsp3) is 0.258. The topological polar surface area (TPSA) is 106 Å². The first-order valence-corrected chi connectivity index (χ1v) is 14.6. The number of aromatic nitrogens is 2. The first kappa shape index (κ1) is 29.5. The summed E-state index contributed by atoms with van der Waals surface area (Å²) in [5.41, 5.74) is 5.26. The smallest absolute Gasteiger partial charge is 0.283 e.